The Balaban J connectivity index is 2.07. The number of rotatable bonds is 1. The Morgan fingerprint density at radius 2 is 2.11 bits per heavy atom. The average Bonchev–Trinajstić information content (AvgIpc) is 2.87. The van der Waals surface area contributed by atoms with Crippen LogP contribution in [0.1, 0.15) is 18.2 Å². The minimum absolute atomic E-state index is 0.0108. The molecule has 4 nitrogen and oxygen atoms in total. The number of imidazole rings is 1. The Hall–Kier alpha value is -1.50. The predicted molar refractivity (Wildman–Crippen MR) is 62.0 cm³/mol. The molecule has 1 fully saturated rings. The molecule has 7 heteroatoms. The van der Waals surface area contributed by atoms with Gasteiger partial charge in [0, 0.05) is 5.92 Å². The fourth-order valence-electron chi connectivity index (χ4n) is 2.24. The molecular formula is C11H10F2N2O2S. The minimum Gasteiger partial charge on any atom is -0.342 e. The first kappa shape index (κ1) is 11.6. The smallest absolute Gasteiger partial charge is 0.186 e. The van der Waals surface area contributed by atoms with Gasteiger partial charge in [0.2, 0.25) is 0 Å². The van der Waals surface area contributed by atoms with Crippen LogP contribution in [0.5, 0.6) is 0 Å². The highest BCUT2D eigenvalue weighted by Gasteiger charge is 2.31. The number of benzene rings is 1. The Bertz CT molecular complexity index is 724. The first-order valence-electron chi connectivity index (χ1n) is 5.50. The molecule has 1 aromatic carbocycles. The maximum absolute atomic E-state index is 13.5. The third-order valence-electron chi connectivity index (χ3n) is 3.18. The van der Waals surface area contributed by atoms with Crippen molar-refractivity contribution in [3.8, 4) is 0 Å². The minimum atomic E-state index is -3.03. The number of sulfone groups is 1. The van der Waals surface area contributed by atoms with Gasteiger partial charge in [0.25, 0.3) is 0 Å². The van der Waals surface area contributed by atoms with Gasteiger partial charge in [-0.15, -0.1) is 0 Å². The molecule has 96 valence electrons. The van der Waals surface area contributed by atoms with E-state index in [2.05, 4.69) is 9.97 Å². The van der Waals surface area contributed by atoms with E-state index in [1.807, 2.05) is 0 Å². The molecule has 0 amide bonds. The van der Waals surface area contributed by atoms with E-state index in [4.69, 9.17) is 0 Å². The SMILES string of the molecule is O=S1(=O)CCC(c2nc3c(F)c(F)ccc3[nH]2)C1. The van der Waals surface area contributed by atoms with Gasteiger partial charge in [-0.25, -0.2) is 22.2 Å². The van der Waals surface area contributed by atoms with Gasteiger partial charge in [-0.05, 0) is 18.6 Å². The second kappa shape index (κ2) is 3.74. The largest absolute Gasteiger partial charge is 0.342 e. The van der Waals surface area contributed by atoms with Crippen molar-refractivity contribution < 1.29 is 17.2 Å². The van der Waals surface area contributed by atoms with Crippen molar-refractivity contribution in [2.45, 2.75) is 12.3 Å². The lowest BCUT2D eigenvalue weighted by Gasteiger charge is -2.01. The molecule has 2 heterocycles. The first-order chi connectivity index (χ1) is 8.46. The van der Waals surface area contributed by atoms with E-state index in [9.17, 15) is 17.2 Å². The van der Waals surface area contributed by atoms with Crippen LogP contribution in [0.4, 0.5) is 8.78 Å². The summed E-state index contributed by atoms with van der Waals surface area (Å²) in [5, 5.41) is 0. The quantitative estimate of drug-likeness (QED) is 0.860. The van der Waals surface area contributed by atoms with Crippen molar-refractivity contribution in [3.05, 3.63) is 29.6 Å². The first-order valence-corrected chi connectivity index (χ1v) is 7.32. The molecule has 2 aromatic rings. The van der Waals surface area contributed by atoms with E-state index in [1.165, 1.54) is 6.07 Å². The molecule has 0 spiro atoms. The molecule has 18 heavy (non-hydrogen) atoms. The fourth-order valence-corrected chi connectivity index (χ4v) is 3.99. The van der Waals surface area contributed by atoms with Crippen LogP contribution in [0.25, 0.3) is 11.0 Å². The lowest BCUT2D eigenvalue weighted by atomic mass is 10.1. The summed E-state index contributed by atoms with van der Waals surface area (Å²) < 4.78 is 49.3. The van der Waals surface area contributed by atoms with E-state index in [-0.39, 0.29) is 22.9 Å². The summed E-state index contributed by atoms with van der Waals surface area (Å²) in [7, 11) is -3.03. The van der Waals surface area contributed by atoms with Gasteiger partial charge >= 0.3 is 0 Å². The van der Waals surface area contributed by atoms with Gasteiger partial charge in [0.1, 0.15) is 11.3 Å². The van der Waals surface area contributed by atoms with Gasteiger partial charge < -0.3 is 4.98 Å². The number of nitrogens with one attached hydrogen (secondary N) is 1. The monoisotopic (exact) mass is 272 g/mol. The third-order valence-corrected chi connectivity index (χ3v) is 4.95. The van der Waals surface area contributed by atoms with E-state index in [0.29, 0.717) is 17.8 Å². The Morgan fingerprint density at radius 3 is 2.78 bits per heavy atom. The number of hydrogen-bond donors (Lipinski definition) is 1. The van der Waals surface area contributed by atoms with Crippen LogP contribution < -0.4 is 0 Å². The summed E-state index contributed by atoms with van der Waals surface area (Å²) in [4.78, 5) is 6.85. The predicted octanol–water partition coefficient (Wildman–Crippen LogP) is 1.74. The summed E-state index contributed by atoms with van der Waals surface area (Å²) in [5.41, 5.74) is 0.308. The van der Waals surface area contributed by atoms with Crippen molar-refractivity contribution >= 4 is 20.9 Å². The molecule has 3 rings (SSSR count). The lowest BCUT2D eigenvalue weighted by Crippen LogP contribution is -2.04. The summed E-state index contributed by atoms with van der Waals surface area (Å²) in [6.07, 6.45) is 0.465. The zero-order valence-electron chi connectivity index (χ0n) is 9.28. The number of fused-ring (bicyclic) bond motifs is 1. The maximum atomic E-state index is 13.5. The van der Waals surface area contributed by atoms with Crippen LogP contribution >= 0.6 is 0 Å². The summed E-state index contributed by atoms with van der Waals surface area (Å²) in [5.74, 6) is -1.68. The molecule has 1 atom stereocenters. The zero-order valence-corrected chi connectivity index (χ0v) is 10.1. The van der Waals surface area contributed by atoms with Crippen LogP contribution in [-0.2, 0) is 9.84 Å². The van der Waals surface area contributed by atoms with E-state index in [1.54, 1.807) is 0 Å². The van der Waals surface area contributed by atoms with Crippen LogP contribution in [0, 0.1) is 11.6 Å². The topological polar surface area (TPSA) is 62.8 Å². The highest BCUT2D eigenvalue weighted by Crippen LogP contribution is 2.29. The maximum Gasteiger partial charge on any atom is 0.186 e. The average molecular weight is 272 g/mol. The Morgan fingerprint density at radius 1 is 1.33 bits per heavy atom. The number of halogens is 2. The standard InChI is InChI=1S/C11H10F2N2O2S/c12-7-1-2-8-10(9(7)13)15-11(14-8)6-3-4-18(16,17)5-6/h1-2,6H,3-5H2,(H,14,15). The fraction of sp³-hybridized carbons (Fsp3) is 0.364. The number of aromatic nitrogens is 2. The molecule has 1 aliphatic rings. The van der Waals surface area contributed by atoms with Crippen LogP contribution in [0.15, 0.2) is 12.1 Å². The van der Waals surface area contributed by atoms with Crippen LogP contribution in [0.2, 0.25) is 0 Å². The molecule has 0 aliphatic carbocycles. The summed E-state index contributed by atoms with van der Waals surface area (Å²) >= 11 is 0. The number of hydrogen-bond acceptors (Lipinski definition) is 3. The van der Waals surface area contributed by atoms with Crippen molar-refractivity contribution in [1.82, 2.24) is 9.97 Å². The number of aromatic amines is 1. The molecule has 1 N–H and O–H groups in total. The van der Waals surface area contributed by atoms with Crippen molar-refractivity contribution in [1.29, 1.82) is 0 Å². The summed E-state index contributed by atoms with van der Waals surface area (Å²) in [6.45, 7) is 0. The number of nitrogens with zero attached hydrogens (tertiary/aromatic N) is 1. The molecule has 0 radical (unpaired) electrons. The summed E-state index contributed by atoms with van der Waals surface area (Å²) in [6, 6.07) is 2.42. The Kier molecular flexibility index (Phi) is 2.41. The molecular weight excluding hydrogens is 262 g/mol. The van der Waals surface area contributed by atoms with Gasteiger partial charge in [-0.1, -0.05) is 0 Å². The van der Waals surface area contributed by atoms with Crippen LogP contribution in [-0.4, -0.2) is 29.9 Å². The second-order valence-electron chi connectivity index (χ2n) is 4.48. The normalized spacial score (nSPS) is 22.7. The van der Waals surface area contributed by atoms with Gasteiger partial charge in [0.15, 0.2) is 21.5 Å². The molecule has 1 saturated heterocycles. The lowest BCUT2D eigenvalue weighted by molar-refractivity contribution is 0.515. The van der Waals surface area contributed by atoms with E-state index >= 15 is 0 Å². The van der Waals surface area contributed by atoms with Crippen LogP contribution in [0.3, 0.4) is 0 Å². The zero-order chi connectivity index (χ0) is 12.9. The highest BCUT2D eigenvalue weighted by molar-refractivity contribution is 7.91. The van der Waals surface area contributed by atoms with E-state index < -0.39 is 21.5 Å². The molecule has 1 unspecified atom stereocenters. The van der Waals surface area contributed by atoms with Crippen molar-refractivity contribution in [2.24, 2.45) is 0 Å². The van der Waals surface area contributed by atoms with Crippen molar-refractivity contribution in [3.63, 3.8) is 0 Å². The second-order valence-corrected chi connectivity index (χ2v) is 6.71. The molecule has 0 bridgehead atoms. The highest BCUT2D eigenvalue weighted by atomic mass is 32.2. The van der Waals surface area contributed by atoms with Gasteiger partial charge in [0.05, 0.1) is 17.0 Å². The molecule has 0 saturated carbocycles. The number of H-pyrrole nitrogens is 1. The molecule has 1 aromatic heterocycles. The van der Waals surface area contributed by atoms with E-state index in [0.717, 1.165) is 6.07 Å². The third kappa shape index (κ3) is 1.78. The van der Waals surface area contributed by atoms with Gasteiger partial charge in [-0.3, -0.25) is 0 Å². The Labute approximate surface area is 102 Å². The molecule has 1 aliphatic heterocycles. The van der Waals surface area contributed by atoms with Crippen molar-refractivity contribution in [2.75, 3.05) is 11.5 Å². The van der Waals surface area contributed by atoms with Gasteiger partial charge in [-0.2, -0.15) is 0 Å².